The van der Waals surface area contributed by atoms with Gasteiger partial charge < -0.3 is 15.0 Å². The molecule has 2 fully saturated rings. The Morgan fingerprint density at radius 2 is 2.12 bits per heavy atom. The summed E-state index contributed by atoms with van der Waals surface area (Å²) in [5.74, 6) is 0.191. The van der Waals surface area contributed by atoms with Crippen molar-refractivity contribution in [1.29, 1.82) is 0 Å². The molecule has 1 aromatic rings. The van der Waals surface area contributed by atoms with Crippen LogP contribution in [0.1, 0.15) is 38.2 Å². The summed E-state index contributed by atoms with van der Waals surface area (Å²) in [5, 5.41) is 3.27. The van der Waals surface area contributed by atoms with E-state index in [0.29, 0.717) is 18.6 Å². The minimum Gasteiger partial charge on any atom is -0.377 e. The molecule has 2 aliphatic rings. The quantitative estimate of drug-likeness (QED) is 0.811. The van der Waals surface area contributed by atoms with E-state index in [1.807, 2.05) is 11.9 Å². The molecule has 2 aliphatic heterocycles. The summed E-state index contributed by atoms with van der Waals surface area (Å²) in [4.78, 5) is 17.0. The molecule has 3 atom stereocenters. The number of carbonyl (C=O) groups excluding carboxylic acids is 1. The van der Waals surface area contributed by atoms with Gasteiger partial charge in [-0.1, -0.05) is 30.3 Å². The lowest BCUT2D eigenvalue weighted by Crippen LogP contribution is -2.50. The number of benzene rings is 1. The molecule has 2 saturated heterocycles. The first-order chi connectivity index (χ1) is 12.6. The third-order valence-corrected chi connectivity index (χ3v) is 5.83. The summed E-state index contributed by atoms with van der Waals surface area (Å²) in [6.45, 7) is 6.38. The molecule has 1 N–H and O–H groups in total. The average molecular weight is 360 g/mol. The van der Waals surface area contributed by atoms with E-state index in [-0.39, 0.29) is 12.0 Å². The summed E-state index contributed by atoms with van der Waals surface area (Å²) in [7, 11) is 1.96. The maximum absolute atomic E-state index is 12.5. The fraction of sp³-hybridized carbons (Fsp3) is 0.667. The first kappa shape index (κ1) is 19.3. The minimum atomic E-state index is 0.191. The minimum absolute atomic E-state index is 0.191. The van der Waals surface area contributed by atoms with Gasteiger partial charge >= 0.3 is 0 Å². The highest BCUT2D eigenvalue weighted by atomic mass is 16.5. The Bertz CT molecular complexity index is 560. The normalized spacial score (nSPS) is 26.8. The molecule has 144 valence electrons. The third kappa shape index (κ3) is 5.29. The Kier molecular flexibility index (Phi) is 7.06. The molecule has 0 aromatic heterocycles. The second-order valence-corrected chi connectivity index (χ2v) is 7.75. The standard InChI is InChI=1S/C21H33N3O2/c1-17-13-19(10-11-24(17)16-18-7-4-3-5-8-18)23(2)21(25)15-22-14-20-9-6-12-26-20/h3-5,7-8,17,19-20,22H,6,9-16H2,1-2H3. The molecule has 0 bridgehead atoms. The summed E-state index contributed by atoms with van der Waals surface area (Å²) < 4.78 is 5.59. The highest BCUT2D eigenvalue weighted by Crippen LogP contribution is 2.23. The Morgan fingerprint density at radius 1 is 1.31 bits per heavy atom. The Balaban J connectivity index is 1.41. The van der Waals surface area contributed by atoms with Gasteiger partial charge in [-0.2, -0.15) is 0 Å². The van der Waals surface area contributed by atoms with Gasteiger partial charge in [0.1, 0.15) is 0 Å². The van der Waals surface area contributed by atoms with E-state index in [9.17, 15) is 4.79 Å². The number of carbonyl (C=O) groups is 1. The first-order valence-corrected chi connectivity index (χ1v) is 9.99. The van der Waals surface area contributed by atoms with Crippen LogP contribution in [0.15, 0.2) is 30.3 Å². The van der Waals surface area contributed by atoms with E-state index in [2.05, 4.69) is 47.5 Å². The van der Waals surface area contributed by atoms with Crippen molar-refractivity contribution in [3.8, 4) is 0 Å². The van der Waals surface area contributed by atoms with Gasteiger partial charge in [0.05, 0.1) is 12.6 Å². The first-order valence-electron chi connectivity index (χ1n) is 9.99. The van der Waals surface area contributed by atoms with Crippen LogP contribution in [0, 0.1) is 0 Å². The molecule has 1 aromatic carbocycles. The van der Waals surface area contributed by atoms with Crippen molar-refractivity contribution in [2.45, 2.75) is 57.3 Å². The molecule has 0 aliphatic carbocycles. The summed E-state index contributed by atoms with van der Waals surface area (Å²) >= 11 is 0. The lowest BCUT2D eigenvalue weighted by Gasteiger charge is -2.41. The summed E-state index contributed by atoms with van der Waals surface area (Å²) in [5.41, 5.74) is 1.36. The Morgan fingerprint density at radius 3 is 2.81 bits per heavy atom. The number of nitrogens with zero attached hydrogens (tertiary/aromatic N) is 2. The molecule has 3 unspecified atom stereocenters. The van der Waals surface area contributed by atoms with Crippen molar-refractivity contribution in [1.82, 2.24) is 15.1 Å². The monoisotopic (exact) mass is 359 g/mol. The van der Waals surface area contributed by atoms with E-state index in [4.69, 9.17) is 4.74 Å². The lowest BCUT2D eigenvalue weighted by atomic mass is 9.96. The molecular weight excluding hydrogens is 326 g/mol. The van der Waals surface area contributed by atoms with Gasteiger partial charge in [-0.25, -0.2) is 0 Å². The van der Waals surface area contributed by atoms with Crippen LogP contribution in [0.3, 0.4) is 0 Å². The topological polar surface area (TPSA) is 44.8 Å². The van der Waals surface area contributed by atoms with Crippen molar-refractivity contribution in [3.63, 3.8) is 0 Å². The molecular formula is C21H33N3O2. The predicted molar refractivity (Wildman–Crippen MR) is 104 cm³/mol. The van der Waals surface area contributed by atoms with Crippen molar-refractivity contribution in [2.75, 3.05) is 33.3 Å². The molecule has 5 nitrogen and oxygen atoms in total. The third-order valence-electron chi connectivity index (χ3n) is 5.83. The number of ether oxygens (including phenoxy) is 1. The number of piperidine rings is 1. The van der Waals surface area contributed by atoms with E-state index in [1.54, 1.807) is 0 Å². The largest absolute Gasteiger partial charge is 0.377 e. The zero-order valence-electron chi connectivity index (χ0n) is 16.2. The van der Waals surface area contributed by atoms with Gasteiger partial charge in [0.2, 0.25) is 5.91 Å². The molecule has 0 saturated carbocycles. The number of nitrogens with one attached hydrogen (secondary N) is 1. The average Bonchev–Trinajstić information content (AvgIpc) is 3.17. The fourth-order valence-electron chi connectivity index (χ4n) is 4.07. The number of likely N-dealkylation sites (N-methyl/N-ethyl adjacent to an activating group) is 1. The molecule has 26 heavy (non-hydrogen) atoms. The van der Waals surface area contributed by atoms with Gasteiger partial charge in [-0.3, -0.25) is 9.69 Å². The maximum atomic E-state index is 12.5. The van der Waals surface area contributed by atoms with Crippen LogP contribution in [0.2, 0.25) is 0 Å². The van der Waals surface area contributed by atoms with Crippen molar-refractivity contribution >= 4 is 5.91 Å². The zero-order valence-corrected chi connectivity index (χ0v) is 16.2. The SMILES string of the molecule is CC1CC(N(C)C(=O)CNCC2CCCO2)CCN1Cc1ccccc1. The zero-order chi connectivity index (χ0) is 18.4. The molecule has 2 heterocycles. The van der Waals surface area contributed by atoms with E-state index in [1.165, 1.54) is 5.56 Å². The number of likely N-dealkylation sites (tertiary alicyclic amines) is 1. The number of hydrogen-bond donors (Lipinski definition) is 1. The molecule has 1 amide bonds. The predicted octanol–water partition coefficient (Wildman–Crippen LogP) is 2.27. The van der Waals surface area contributed by atoms with Gasteiger partial charge in [-0.05, 0) is 38.2 Å². The van der Waals surface area contributed by atoms with E-state index < -0.39 is 0 Å². The highest BCUT2D eigenvalue weighted by Gasteiger charge is 2.29. The molecule has 3 rings (SSSR count). The van der Waals surface area contributed by atoms with Crippen molar-refractivity contribution in [3.05, 3.63) is 35.9 Å². The lowest BCUT2D eigenvalue weighted by molar-refractivity contribution is -0.132. The van der Waals surface area contributed by atoms with Crippen molar-refractivity contribution < 1.29 is 9.53 Å². The molecule has 5 heteroatoms. The van der Waals surface area contributed by atoms with Gasteiger partial charge in [-0.15, -0.1) is 0 Å². The molecule has 0 spiro atoms. The van der Waals surface area contributed by atoms with E-state index in [0.717, 1.165) is 51.9 Å². The Labute approximate surface area is 157 Å². The smallest absolute Gasteiger partial charge is 0.236 e. The van der Waals surface area contributed by atoms with Crippen LogP contribution < -0.4 is 5.32 Å². The number of rotatable bonds is 7. The van der Waals surface area contributed by atoms with Crippen LogP contribution in [0.25, 0.3) is 0 Å². The van der Waals surface area contributed by atoms with Gasteiger partial charge in [0.25, 0.3) is 0 Å². The highest BCUT2D eigenvalue weighted by molar-refractivity contribution is 5.78. The van der Waals surface area contributed by atoms with Crippen LogP contribution in [-0.2, 0) is 16.1 Å². The maximum Gasteiger partial charge on any atom is 0.236 e. The van der Waals surface area contributed by atoms with Crippen LogP contribution in [0.5, 0.6) is 0 Å². The molecule has 0 radical (unpaired) electrons. The van der Waals surface area contributed by atoms with Gasteiger partial charge in [0.15, 0.2) is 0 Å². The summed E-state index contributed by atoms with van der Waals surface area (Å²) in [6.07, 6.45) is 4.62. The number of hydrogen-bond acceptors (Lipinski definition) is 4. The van der Waals surface area contributed by atoms with Crippen molar-refractivity contribution in [2.24, 2.45) is 0 Å². The van der Waals surface area contributed by atoms with Crippen LogP contribution in [-0.4, -0.2) is 67.2 Å². The number of amides is 1. The van der Waals surface area contributed by atoms with Gasteiger partial charge in [0, 0.05) is 45.4 Å². The summed E-state index contributed by atoms with van der Waals surface area (Å²) in [6, 6.07) is 11.5. The van der Waals surface area contributed by atoms with Crippen LogP contribution >= 0.6 is 0 Å². The second-order valence-electron chi connectivity index (χ2n) is 7.75. The fourth-order valence-corrected chi connectivity index (χ4v) is 4.07. The Hall–Kier alpha value is -1.43. The second kappa shape index (κ2) is 9.49. The van der Waals surface area contributed by atoms with E-state index >= 15 is 0 Å². The van der Waals surface area contributed by atoms with Crippen LogP contribution in [0.4, 0.5) is 0 Å².